The Hall–Kier alpha value is -2.27. The van der Waals surface area contributed by atoms with Crippen LogP contribution < -0.4 is 5.73 Å². The van der Waals surface area contributed by atoms with Gasteiger partial charge < -0.3 is 5.73 Å². The number of piperidine rings is 1. The first-order valence-corrected chi connectivity index (χ1v) is 10.6. The quantitative estimate of drug-likeness (QED) is 0.659. The molecule has 150 valence electrons. The summed E-state index contributed by atoms with van der Waals surface area (Å²) in [6.07, 6.45) is 5.28. The van der Waals surface area contributed by atoms with Gasteiger partial charge in [-0.1, -0.05) is 61.0 Å². The lowest BCUT2D eigenvalue weighted by molar-refractivity contribution is 0.0320. The molecule has 2 aromatic carbocycles. The molecule has 2 heterocycles. The molecule has 4 unspecified atom stereocenters. The molecule has 1 aliphatic rings. The van der Waals surface area contributed by atoms with Gasteiger partial charge in [-0.15, -0.1) is 0 Å². The minimum Gasteiger partial charge on any atom is -0.316 e. The van der Waals surface area contributed by atoms with Crippen molar-refractivity contribution in [2.45, 2.75) is 37.9 Å². The van der Waals surface area contributed by atoms with E-state index in [1.165, 1.54) is 11.1 Å². The average molecular weight is 407 g/mol. The van der Waals surface area contributed by atoms with Gasteiger partial charge in [0.25, 0.3) is 0 Å². The Morgan fingerprint density at radius 3 is 2.52 bits per heavy atom. The van der Waals surface area contributed by atoms with E-state index < -0.39 is 0 Å². The van der Waals surface area contributed by atoms with E-state index in [0.717, 1.165) is 30.1 Å². The van der Waals surface area contributed by atoms with Crippen molar-refractivity contribution in [3.05, 3.63) is 95.0 Å². The number of nitrogens with two attached hydrogens (primary N) is 1. The van der Waals surface area contributed by atoms with Gasteiger partial charge in [-0.05, 0) is 48.1 Å². The normalized spacial score (nSPS) is 25.1. The molecule has 4 rings (SSSR count). The van der Waals surface area contributed by atoms with Crippen LogP contribution in [0.4, 0.5) is 0 Å². The Bertz CT molecular complexity index is 901. The standard InChI is InChI=1S/C24H27ClN4/c1-17-21(22-11-13-27-16-28-22)15-23(26)29(14-12-18-5-3-2-4-6-18)24(17)19-7-9-20(25)10-8-19/h2-11,13,16-17,21,23-24H,12,14-15,26H2,1H3. The highest BCUT2D eigenvalue weighted by atomic mass is 35.5. The molecule has 0 spiro atoms. The van der Waals surface area contributed by atoms with Gasteiger partial charge in [-0.3, -0.25) is 4.90 Å². The lowest BCUT2D eigenvalue weighted by atomic mass is 9.75. The van der Waals surface area contributed by atoms with Gasteiger partial charge in [-0.2, -0.15) is 0 Å². The van der Waals surface area contributed by atoms with Crippen molar-refractivity contribution >= 4 is 11.6 Å². The number of benzene rings is 2. The van der Waals surface area contributed by atoms with Gasteiger partial charge in [0.1, 0.15) is 6.33 Å². The molecule has 0 amide bonds. The van der Waals surface area contributed by atoms with Crippen LogP contribution in [0.25, 0.3) is 0 Å². The van der Waals surface area contributed by atoms with Crippen LogP contribution in [0.15, 0.2) is 73.2 Å². The van der Waals surface area contributed by atoms with E-state index in [1.807, 2.05) is 24.4 Å². The van der Waals surface area contributed by atoms with Gasteiger partial charge in [0.05, 0.1) is 6.17 Å². The minimum atomic E-state index is -0.0319. The monoisotopic (exact) mass is 406 g/mol. The highest BCUT2D eigenvalue weighted by Gasteiger charge is 2.41. The summed E-state index contributed by atoms with van der Waals surface area (Å²) in [6.45, 7) is 3.23. The van der Waals surface area contributed by atoms with Crippen molar-refractivity contribution < 1.29 is 0 Å². The van der Waals surface area contributed by atoms with E-state index in [4.69, 9.17) is 17.3 Å². The van der Waals surface area contributed by atoms with E-state index >= 15 is 0 Å². The van der Waals surface area contributed by atoms with Crippen LogP contribution in [0.1, 0.15) is 42.1 Å². The van der Waals surface area contributed by atoms with Gasteiger partial charge in [-0.25, -0.2) is 9.97 Å². The molecule has 29 heavy (non-hydrogen) atoms. The van der Waals surface area contributed by atoms with E-state index in [-0.39, 0.29) is 12.2 Å². The van der Waals surface area contributed by atoms with Gasteiger partial charge in [0.15, 0.2) is 0 Å². The number of hydrogen-bond acceptors (Lipinski definition) is 4. The molecule has 0 radical (unpaired) electrons. The van der Waals surface area contributed by atoms with Crippen LogP contribution in [0.3, 0.4) is 0 Å². The molecule has 4 atom stereocenters. The number of likely N-dealkylation sites (tertiary alicyclic amines) is 1. The lowest BCUT2D eigenvalue weighted by Gasteiger charge is -2.48. The maximum atomic E-state index is 6.75. The van der Waals surface area contributed by atoms with Crippen molar-refractivity contribution in [2.75, 3.05) is 6.54 Å². The molecule has 0 bridgehead atoms. The molecule has 1 fully saturated rings. The van der Waals surface area contributed by atoms with E-state index in [1.54, 1.807) is 6.33 Å². The second-order valence-corrected chi connectivity index (χ2v) is 8.31. The van der Waals surface area contributed by atoms with Gasteiger partial charge in [0.2, 0.25) is 0 Å². The third-order valence-corrected chi connectivity index (χ3v) is 6.36. The van der Waals surface area contributed by atoms with Crippen molar-refractivity contribution in [1.29, 1.82) is 0 Å². The Kier molecular flexibility index (Phi) is 6.24. The first-order chi connectivity index (χ1) is 14.1. The Labute approximate surface area is 177 Å². The SMILES string of the molecule is CC1C(c2ccncn2)CC(N)N(CCc2ccccc2)C1c1ccc(Cl)cc1. The van der Waals surface area contributed by atoms with E-state index in [0.29, 0.717) is 11.8 Å². The minimum absolute atomic E-state index is 0.0319. The molecule has 0 saturated carbocycles. The molecule has 1 saturated heterocycles. The van der Waals surface area contributed by atoms with Crippen LogP contribution in [0.5, 0.6) is 0 Å². The van der Waals surface area contributed by atoms with Gasteiger partial charge >= 0.3 is 0 Å². The van der Waals surface area contributed by atoms with Crippen LogP contribution in [-0.4, -0.2) is 27.6 Å². The fourth-order valence-electron chi connectivity index (χ4n) is 4.61. The fourth-order valence-corrected chi connectivity index (χ4v) is 4.74. The van der Waals surface area contributed by atoms with E-state index in [9.17, 15) is 0 Å². The molecule has 4 nitrogen and oxygen atoms in total. The maximum absolute atomic E-state index is 6.75. The molecule has 3 aromatic rings. The summed E-state index contributed by atoms with van der Waals surface area (Å²) in [6, 6.07) is 21.0. The Morgan fingerprint density at radius 2 is 1.83 bits per heavy atom. The molecule has 5 heteroatoms. The number of nitrogens with zero attached hydrogens (tertiary/aromatic N) is 3. The molecule has 0 aliphatic carbocycles. The second kappa shape index (κ2) is 9.04. The van der Waals surface area contributed by atoms with Crippen LogP contribution in [0.2, 0.25) is 5.02 Å². The Morgan fingerprint density at radius 1 is 1.07 bits per heavy atom. The van der Waals surface area contributed by atoms with Crippen LogP contribution >= 0.6 is 11.6 Å². The topological polar surface area (TPSA) is 55.0 Å². The smallest absolute Gasteiger partial charge is 0.115 e. The van der Waals surface area contributed by atoms with Crippen molar-refractivity contribution in [1.82, 2.24) is 14.9 Å². The summed E-state index contributed by atoms with van der Waals surface area (Å²) in [5.41, 5.74) is 10.4. The summed E-state index contributed by atoms with van der Waals surface area (Å²) in [7, 11) is 0. The largest absolute Gasteiger partial charge is 0.316 e. The zero-order chi connectivity index (χ0) is 20.2. The molecule has 2 N–H and O–H groups in total. The molecular formula is C24H27ClN4. The van der Waals surface area contributed by atoms with E-state index in [2.05, 4.69) is 64.3 Å². The lowest BCUT2D eigenvalue weighted by Crippen LogP contribution is -2.53. The highest BCUT2D eigenvalue weighted by molar-refractivity contribution is 6.30. The first kappa shape index (κ1) is 20.0. The van der Waals surface area contributed by atoms with Crippen LogP contribution in [0, 0.1) is 5.92 Å². The van der Waals surface area contributed by atoms with Crippen molar-refractivity contribution in [2.24, 2.45) is 11.7 Å². The average Bonchev–Trinajstić information content (AvgIpc) is 2.76. The predicted octanol–water partition coefficient (Wildman–Crippen LogP) is 4.82. The highest BCUT2D eigenvalue weighted by Crippen LogP contribution is 2.45. The second-order valence-electron chi connectivity index (χ2n) is 7.87. The zero-order valence-corrected chi connectivity index (χ0v) is 17.4. The number of rotatable bonds is 5. The number of aromatic nitrogens is 2. The van der Waals surface area contributed by atoms with Crippen molar-refractivity contribution in [3.63, 3.8) is 0 Å². The Balaban J connectivity index is 1.64. The summed E-state index contributed by atoms with van der Waals surface area (Å²) in [4.78, 5) is 11.1. The third kappa shape index (κ3) is 4.50. The summed E-state index contributed by atoms with van der Waals surface area (Å²) in [5, 5.41) is 0.754. The first-order valence-electron chi connectivity index (χ1n) is 10.2. The number of hydrogen-bond donors (Lipinski definition) is 1. The van der Waals surface area contributed by atoms with Crippen molar-refractivity contribution in [3.8, 4) is 0 Å². The van der Waals surface area contributed by atoms with Crippen LogP contribution in [-0.2, 0) is 6.42 Å². The third-order valence-electron chi connectivity index (χ3n) is 6.11. The maximum Gasteiger partial charge on any atom is 0.115 e. The molecule has 1 aliphatic heterocycles. The predicted molar refractivity (Wildman–Crippen MR) is 118 cm³/mol. The molecular weight excluding hydrogens is 380 g/mol. The summed E-state index contributed by atoms with van der Waals surface area (Å²) < 4.78 is 0. The molecule has 1 aromatic heterocycles. The number of halogens is 1. The fraction of sp³-hybridized carbons (Fsp3) is 0.333. The summed E-state index contributed by atoms with van der Waals surface area (Å²) >= 11 is 6.16. The summed E-state index contributed by atoms with van der Waals surface area (Å²) in [5.74, 6) is 0.656. The van der Waals surface area contributed by atoms with Gasteiger partial charge in [0, 0.05) is 35.4 Å². The zero-order valence-electron chi connectivity index (χ0n) is 16.7.